The summed E-state index contributed by atoms with van der Waals surface area (Å²) in [6.07, 6.45) is 7.24. The van der Waals surface area contributed by atoms with Crippen LogP contribution >= 0.6 is 11.3 Å². The van der Waals surface area contributed by atoms with E-state index in [2.05, 4.69) is 11.6 Å². The van der Waals surface area contributed by atoms with Gasteiger partial charge in [-0.1, -0.05) is 36.7 Å². The molecule has 1 saturated carbocycles. The molecule has 0 spiro atoms. The van der Waals surface area contributed by atoms with E-state index in [1.807, 2.05) is 22.8 Å². The number of hydrogen-bond donors (Lipinski definition) is 0. The average molecular weight is 344 g/mol. The number of ether oxygens (including phenoxy) is 2. The molecule has 2 aromatic rings. The fourth-order valence-corrected chi connectivity index (χ4v) is 4.44. The van der Waals surface area contributed by atoms with Gasteiger partial charge < -0.3 is 14.0 Å². The number of benzene rings is 1. The van der Waals surface area contributed by atoms with E-state index in [1.165, 1.54) is 17.8 Å². The zero-order valence-electron chi connectivity index (χ0n) is 13.5. The first-order chi connectivity index (χ1) is 11.8. The maximum Gasteiger partial charge on any atom is 0.251 e. The van der Waals surface area contributed by atoms with Crippen molar-refractivity contribution in [2.24, 2.45) is 10.9 Å². The standard InChI is InChI=1S/C18H20N2O3S/c1-2-8-20-13-9-14-15(23-11-22-14)10-16(13)24-18(20)19-17(21)12-6-4-3-5-7-12/h2,9-10,12H,1,3-8,11H2. The number of thiazole rings is 1. The molecule has 1 aromatic carbocycles. The van der Waals surface area contributed by atoms with Gasteiger partial charge in [0, 0.05) is 24.6 Å². The Kier molecular flexibility index (Phi) is 4.14. The monoisotopic (exact) mass is 344 g/mol. The summed E-state index contributed by atoms with van der Waals surface area (Å²) in [5, 5.41) is 0. The smallest absolute Gasteiger partial charge is 0.251 e. The molecule has 1 amide bonds. The van der Waals surface area contributed by atoms with Gasteiger partial charge >= 0.3 is 0 Å². The molecule has 0 atom stereocenters. The van der Waals surface area contributed by atoms with Crippen molar-refractivity contribution >= 4 is 27.5 Å². The summed E-state index contributed by atoms with van der Waals surface area (Å²) in [6.45, 7) is 4.69. The van der Waals surface area contributed by atoms with Crippen LogP contribution < -0.4 is 14.3 Å². The zero-order chi connectivity index (χ0) is 16.5. The molecule has 0 unspecified atom stereocenters. The third kappa shape index (κ3) is 2.75. The van der Waals surface area contributed by atoms with Gasteiger partial charge in [-0.25, -0.2) is 0 Å². The second kappa shape index (κ2) is 6.43. The van der Waals surface area contributed by atoms with Gasteiger partial charge in [0.05, 0.1) is 10.2 Å². The number of fused-ring (bicyclic) bond motifs is 2. The summed E-state index contributed by atoms with van der Waals surface area (Å²) in [7, 11) is 0. The second-order valence-corrected chi connectivity index (χ2v) is 7.25. The van der Waals surface area contributed by atoms with Crippen LogP contribution in [-0.4, -0.2) is 17.3 Å². The molecule has 1 fully saturated rings. The van der Waals surface area contributed by atoms with Crippen molar-refractivity contribution < 1.29 is 14.3 Å². The van der Waals surface area contributed by atoms with Gasteiger partial charge in [0.25, 0.3) is 5.91 Å². The highest BCUT2D eigenvalue weighted by molar-refractivity contribution is 7.16. The quantitative estimate of drug-likeness (QED) is 0.799. The molecule has 1 aromatic heterocycles. The normalized spacial score (nSPS) is 18.2. The first-order valence-electron chi connectivity index (χ1n) is 8.38. The number of hydrogen-bond acceptors (Lipinski definition) is 4. The minimum Gasteiger partial charge on any atom is -0.454 e. The van der Waals surface area contributed by atoms with Crippen molar-refractivity contribution in [2.45, 2.75) is 38.6 Å². The molecule has 0 bridgehead atoms. The minimum atomic E-state index is 0.0131. The number of carbonyl (C=O) groups excluding carboxylic acids is 1. The SMILES string of the molecule is C=CCn1c(=NC(=O)C2CCCCC2)sc2cc3c(cc21)OCO3. The lowest BCUT2D eigenvalue weighted by Crippen LogP contribution is -2.21. The lowest BCUT2D eigenvalue weighted by molar-refractivity contribution is -0.122. The van der Waals surface area contributed by atoms with Crippen LogP contribution in [0.15, 0.2) is 29.8 Å². The average Bonchev–Trinajstić information content (AvgIpc) is 3.18. The number of carbonyl (C=O) groups is 1. The molecule has 2 aliphatic rings. The molecule has 0 N–H and O–H groups in total. The van der Waals surface area contributed by atoms with Crippen molar-refractivity contribution in [1.82, 2.24) is 4.57 Å². The molecule has 0 radical (unpaired) electrons. The summed E-state index contributed by atoms with van der Waals surface area (Å²) in [6, 6.07) is 3.92. The largest absolute Gasteiger partial charge is 0.454 e. The Morgan fingerprint density at radius 1 is 1.29 bits per heavy atom. The van der Waals surface area contributed by atoms with Crippen LogP contribution in [0.3, 0.4) is 0 Å². The topological polar surface area (TPSA) is 52.8 Å². The van der Waals surface area contributed by atoms with Crippen LogP contribution in [0.25, 0.3) is 10.2 Å². The van der Waals surface area contributed by atoms with Crippen molar-refractivity contribution in [3.8, 4) is 11.5 Å². The van der Waals surface area contributed by atoms with Crippen LogP contribution in [-0.2, 0) is 11.3 Å². The van der Waals surface area contributed by atoms with Gasteiger partial charge in [-0.15, -0.1) is 6.58 Å². The van der Waals surface area contributed by atoms with E-state index < -0.39 is 0 Å². The Hall–Kier alpha value is -2.08. The molecule has 4 rings (SSSR count). The summed E-state index contributed by atoms with van der Waals surface area (Å²) in [5.74, 6) is 1.58. The van der Waals surface area contributed by atoms with Crippen LogP contribution in [0.2, 0.25) is 0 Å². The third-order valence-electron chi connectivity index (χ3n) is 4.65. The maximum absolute atomic E-state index is 12.6. The Morgan fingerprint density at radius 2 is 2.04 bits per heavy atom. The van der Waals surface area contributed by atoms with Crippen LogP contribution in [0.4, 0.5) is 0 Å². The van der Waals surface area contributed by atoms with Crippen molar-refractivity contribution in [1.29, 1.82) is 0 Å². The first-order valence-corrected chi connectivity index (χ1v) is 9.20. The van der Waals surface area contributed by atoms with Gasteiger partial charge in [-0.05, 0) is 12.8 Å². The van der Waals surface area contributed by atoms with Gasteiger partial charge in [0.2, 0.25) is 6.79 Å². The van der Waals surface area contributed by atoms with E-state index in [9.17, 15) is 4.79 Å². The van der Waals surface area contributed by atoms with Crippen LogP contribution in [0.5, 0.6) is 11.5 Å². The van der Waals surface area contributed by atoms with E-state index in [1.54, 1.807) is 0 Å². The predicted molar refractivity (Wildman–Crippen MR) is 93.3 cm³/mol. The lowest BCUT2D eigenvalue weighted by atomic mass is 9.89. The highest BCUT2D eigenvalue weighted by atomic mass is 32.1. The highest BCUT2D eigenvalue weighted by Gasteiger charge is 2.22. The fourth-order valence-electron chi connectivity index (χ4n) is 3.39. The Bertz CT molecular complexity index is 859. The lowest BCUT2D eigenvalue weighted by Gasteiger charge is -2.17. The van der Waals surface area contributed by atoms with Crippen molar-refractivity contribution in [3.05, 3.63) is 29.6 Å². The summed E-state index contributed by atoms with van der Waals surface area (Å²) in [4.78, 5) is 17.7. The Balaban J connectivity index is 1.79. The molecule has 126 valence electrons. The number of allylic oxidation sites excluding steroid dienone is 1. The molecule has 1 aliphatic carbocycles. The number of aromatic nitrogens is 1. The zero-order valence-corrected chi connectivity index (χ0v) is 14.3. The fraction of sp³-hybridized carbons (Fsp3) is 0.444. The second-order valence-electron chi connectivity index (χ2n) is 6.24. The van der Waals surface area contributed by atoms with Gasteiger partial charge in [-0.2, -0.15) is 4.99 Å². The molecule has 6 heteroatoms. The molecule has 0 saturated heterocycles. The molecule has 1 aliphatic heterocycles. The Morgan fingerprint density at radius 3 is 2.79 bits per heavy atom. The number of nitrogens with zero attached hydrogens (tertiary/aromatic N) is 2. The predicted octanol–water partition coefficient (Wildman–Crippen LogP) is 3.63. The molecular weight excluding hydrogens is 324 g/mol. The first kappa shape index (κ1) is 15.4. The molecular formula is C18H20N2O3S. The van der Waals surface area contributed by atoms with Crippen LogP contribution in [0.1, 0.15) is 32.1 Å². The van der Waals surface area contributed by atoms with E-state index in [0.717, 1.165) is 52.2 Å². The van der Waals surface area contributed by atoms with E-state index in [4.69, 9.17) is 9.47 Å². The van der Waals surface area contributed by atoms with Crippen LogP contribution in [0, 0.1) is 5.92 Å². The highest BCUT2D eigenvalue weighted by Crippen LogP contribution is 2.37. The number of amides is 1. The minimum absolute atomic E-state index is 0.0131. The van der Waals surface area contributed by atoms with E-state index >= 15 is 0 Å². The molecule has 2 heterocycles. The Labute approximate surface area is 144 Å². The van der Waals surface area contributed by atoms with Gasteiger partial charge in [-0.3, -0.25) is 4.79 Å². The third-order valence-corrected chi connectivity index (χ3v) is 5.69. The van der Waals surface area contributed by atoms with Crippen molar-refractivity contribution in [3.63, 3.8) is 0 Å². The summed E-state index contributed by atoms with van der Waals surface area (Å²) < 4.78 is 14.0. The summed E-state index contributed by atoms with van der Waals surface area (Å²) in [5.41, 5.74) is 0.999. The van der Waals surface area contributed by atoms with E-state index in [-0.39, 0.29) is 18.6 Å². The van der Waals surface area contributed by atoms with Gasteiger partial charge in [0.15, 0.2) is 16.3 Å². The van der Waals surface area contributed by atoms with Gasteiger partial charge in [0.1, 0.15) is 0 Å². The summed E-state index contributed by atoms with van der Waals surface area (Å²) >= 11 is 1.51. The van der Waals surface area contributed by atoms with E-state index in [0.29, 0.717) is 6.54 Å². The molecule has 24 heavy (non-hydrogen) atoms. The molecule has 5 nitrogen and oxygen atoms in total. The number of rotatable bonds is 3. The maximum atomic E-state index is 12.6. The van der Waals surface area contributed by atoms with Crippen molar-refractivity contribution in [2.75, 3.05) is 6.79 Å².